The van der Waals surface area contributed by atoms with Crippen LogP contribution in [0.4, 0.5) is 16.2 Å². The van der Waals surface area contributed by atoms with Crippen LogP contribution in [0.1, 0.15) is 5.56 Å². The van der Waals surface area contributed by atoms with E-state index in [0.717, 1.165) is 19.3 Å². The van der Waals surface area contributed by atoms with Crippen molar-refractivity contribution in [3.05, 3.63) is 34.7 Å². The molecule has 1 aromatic heterocycles. The molecule has 1 fully saturated rings. The maximum atomic E-state index is 14.0. The number of anilines is 2. The van der Waals surface area contributed by atoms with Crippen molar-refractivity contribution in [2.24, 2.45) is 5.10 Å². The van der Waals surface area contributed by atoms with E-state index in [1.54, 1.807) is 0 Å². The summed E-state index contributed by atoms with van der Waals surface area (Å²) >= 11 is 5.85. The number of rotatable bonds is 4. The molecule has 25 heavy (non-hydrogen) atoms. The van der Waals surface area contributed by atoms with E-state index in [0.29, 0.717) is 24.1 Å². The number of hydrazone groups is 1. The second kappa shape index (κ2) is 7.67. The molecule has 1 saturated heterocycles. The van der Waals surface area contributed by atoms with Gasteiger partial charge >= 0.3 is 0 Å². The number of benzene rings is 1. The third-order valence-corrected chi connectivity index (χ3v) is 3.91. The van der Waals surface area contributed by atoms with Crippen molar-refractivity contribution in [1.29, 1.82) is 0 Å². The van der Waals surface area contributed by atoms with Gasteiger partial charge < -0.3 is 15.3 Å². The zero-order valence-electron chi connectivity index (χ0n) is 13.2. The lowest BCUT2D eigenvalue weighted by molar-refractivity contribution is 0.475. The third kappa shape index (κ3) is 4.18. The number of aromatic nitrogens is 2. The molecule has 0 aliphatic carbocycles. The molecule has 2 aromatic rings. The number of halogens is 2. The number of hydrogen-bond donors (Lipinski definition) is 3. The van der Waals surface area contributed by atoms with E-state index >= 15 is 0 Å². The monoisotopic (exact) mass is 360 g/mol. The molecule has 10 heteroatoms. The molecule has 128 valence electrons. The van der Waals surface area contributed by atoms with E-state index in [1.807, 2.05) is 4.90 Å². The Morgan fingerprint density at radius 3 is 2.92 bits per heavy atom. The van der Waals surface area contributed by atoms with Crippen molar-refractivity contribution in [3.63, 3.8) is 0 Å². The highest BCUT2D eigenvalue weighted by Crippen LogP contribution is 2.24. The summed E-state index contributed by atoms with van der Waals surface area (Å²) < 4.78 is 14.0. The van der Waals surface area contributed by atoms with Crippen molar-refractivity contribution >= 4 is 42.9 Å². The van der Waals surface area contributed by atoms with E-state index in [4.69, 9.17) is 19.4 Å². The SMILES string of the molecule is [B]c1cc(Cl)c(O)c(/C=N/Nc2ncc(F)c(N3CCNCC3)n2)c1. The summed E-state index contributed by atoms with van der Waals surface area (Å²) in [5.74, 6) is -0.260. The van der Waals surface area contributed by atoms with Crippen LogP contribution in [0, 0.1) is 5.82 Å². The lowest BCUT2D eigenvalue weighted by Gasteiger charge is -2.28. The highest BCUT2D eigenvalue weighted by Gasteiger charge is 2.17. The van der Waals surface area contributed by atoms with E-state index in [9.17, 15) is 9.50 Å². The lowest BCUT2D eigenvalue weighted by atomic mass is 9.94. The van der Waals surface area contributed by atoms with Crippen LogP contribution in [0.15, 0.2) is 23.4 Å². The van der Waals surface area contributed by atoms with Gasteiger partial charge in [0.25, 0.3) is 0 Å². The van der Waals surface area contributed by atoms with E-state index < -0.39 is 5.82 Å². The number of phenols is 1. The predicted octanol–water partition coefficient (Wildman–Crippen LogP) is 0.624. The summed E-state index contributed by atoms with van der Waals surface area (Å²) in [5, 5.41) is 17.1. The number of phenolic OH excluding ortho intramolecular Hbond substituents is 1. The molecule has 1 aliphatic heterocycles. The molecule has 0 saturated carbocycles. The Morgan fingerprint density at radius 2 is 2.16 bits per heavy atom. The van der Waals surface area contributed by atoms with Crippen LogP contribution in [0.3, 0.4) is 0 Å². The molecule has 1 aromatic carbocycles. The van der Waals surface area contributed by atoms with Gasteiger partial charge in [0.15, 0.2) is 11.6 Å². The predicted molar refractivity (Wildman–Crippen MR) is 96.8 cm³/mol. The van der Waals surface area contributed by atoms with Crippen molar-refractivity contribution in [2.75, 3.05) is 36.5 Å². The highest BCUT2D eigenvalue weighted by atomic mass is 35.5. The maximum Gasteiger partial charge on any atom is 0.245 e. The third-order valence-electron chi connectivity index (χ3n) is 3.63. The summed E-state index contributed by atoms with van der Waals surface area (Å²) in [5.41, 5.74) is 3.34. The van der Waals surface area contributed by atoms with Crippen LogP contribution in [0.25, 0.3) is 0 Å². The Morgan fingerprint density at radius 1 is 1.40 bits per heavy atom. The van der Waals surface area contributed by atoms with E-state index in [1.165, 1.54) is 18.3 Å². The van der Waals surface area contributed by atoms with Gasteiger partial charge in [-0.2, -0.15) is 10.1 Å². The molecular weight excluding hydrogens is 345 g/mol. The van der Waals surface area contributed by atoms with E-state index in [-0.39, 0.29) is 22.5 Å². The van der Waals surface area contributed by atoms with Gasteiger partial charge in [-0.3, -0.25) is 0 Å². The number of piperazine rings is 1. The zero-order valence-corrected chi connectivity index (χ0v) is 14.0. The molecule has 0 amide bonds. The number of nitrogens with one attached hydrogen (secondary N) is 2. The molecular formula is C15H15BClFN6O. The molecule has 0 spiro atoms. The van der Waals surface area contributed by atoms with Gasteiger partial charge in [0.1, 0.15) is 13.6 Å². The van der Waals surface area contributed by atoms with Crippen LogP contribution in [0.2, 0.25) is 5.02 Å². The minimum Gasteiger partial charge on any atom is -0.506 e. The van der Waals surface area contributed by atoms with Gasteiger partial charge in [-0.25, -0.2) is 14.8 Å². The minimum atomic E-state index is -0.489. The van der Waals surface area contributed by atoms with Crippen LogP contribution in [0.5, 0.6) is 5.75 Å². The van der Waals surface area contributed by atoms with Crippen molar-refractivity contribution in [2.45, 2.75) is 0 Å². The highest BCUT2D eigenvalue weighted by molar-refractivity contribution is 6.37. The average molecular weight is 361 g/mol. The minimum absolute atomic E-state index is 0.125. The Hall–Kier alpha value is -2.39. The molecule has 7 nitrogen and oxygen atoms in total. The summed E-state index contributed by atoms with van der Waals surface area (Å²) in [6.07, 6.45) is 2.42. The van der Waals surface area contributed by atoms with Crippen LogP contribution in [-0.2, 0) is 0 Å². The first-order chi connectivity index (χ1) is 12.0. The number of aromatic hydroxyl groups is 1. The van der Waals surface area contributed by atoms with Crippen LogP contribution >= 0.6 is 11.6 Å². The molecule has 2 radical (unpaired) electrons. The zero-order chi connectivity index (χ0) is 17.8. The Balaban J connectivity index is 1.75. The molecule has 3 rings (SSSR count). The molecule has 0 atom stereocenters. The fraction of sp³-hybridized carbons (Fsp3) is 0.267. The number of hydrogen-bond acceptors (Lipinski definition) is 7. The number of nitrogens with zero attached hydrogens (tertiary/aromatic N) is 4. The first-order valence-electron chi connectivity index (χ1n) is 7.60. The second-order valence-corrected chi connectivity index (χ2v) is 5.82. The smallest absolute Gasteiger partial charge is 0.245 e. The fourth-order valence-corrected chi connectivity index (χ4v) is 2.65. The first kappa shape index (κ1) is 17.4. The fourth-order valence-electron chi connectivity index (χ4n) is 2.41. The lowest BCUT2D eigenvalue weighted by Crippen LogP contribution is -2.44. The molecule has 0 unspecified atom stereocenters. The Labute approximate surface area is 150 Å². The van der Waals surface area contributed by atoms with Gasteiger partial charge in [0.2, 0.25) is 5.95 Å². The van der Waals surface area contributed by atoms with E-state index in [2.05, 4.69) is 25.8 Å². The molecule has 1 aliphatic rings. The molecule has 0 bridgehead atoms. The van der Waals surface area contributed by atoms with Gasteiger partial charge in [-0.05, 0) is 6.07 Å². The molecule has 2 heterocycles. The van der Waals surface area contributed by atoms with Gasteiger partial charge in [-0.15, -0.1) is 0 Å². The summed E-state index contributed by atoms with van der Waals surface area (Å²) in [6.45, 7) is 2.85. The largest absolute Gasteiger partial charge is 0.506 e. The normalized spacial score (nSPS) is 14.9. The molecule has 3 N–H and O–H groups in total. The van der Waals surface area contributed by atoms with Gasteiger partial charge in [0, 0.05) is 31.7 Å². The first-order valence-corrected chi connectivity index (χ1v) is 7.97. The van der Waals surface area contributed by atoms with Gasteiger partial charge in [-0.1, -0.05) is 23.1 Å². The maximum absolute atomic E-state index is 14.0. The van der Waals surface area contributed by atoms with Gasteiger partial charge in [0.05, 0.1) is 17.4 Å². The van der Waals surface area contributed by atoms with Crippen LogP contribution in [-0.4, -0.2) is 55.3 Å². The Bertz CT molecular complexity index is 800. The van der Waals surface area contributed by atoms with Crippen molar-refractivity contribution < 1.29 is 9.50 Å². The standard InChI is InChI=1S/C15H15BClFN6O/c16-10-5-9(13(25)11(17)6-10)7-21-23-15-20-8-12(18)14(22-15)24-3-1-19-2-4-24/h5-8,19,25H,1-4H2,(H,20,22,23)/b21-7+. The quantitative estimate of drug-likeness (QED) is 0.421. The summed E-state index contributed by atoms with van der Waals surface area (Å²) in [4.78, 5) is 9.85. The van der Waals surface area contributed by atoms with Crippen LogP contribution < -0.4 is 21.1 Å². The average Bonchev–Trinajstić information content (AvgIpc) is 2.61. The van der Waals surface area contributed by atoms with Crippen molar-refractivity contribution in [1.82, 2.24) is 15.3 Å². The summed E-state index contributed by atoms with van der Waals surface area (Å²) in [7, 11) is 5.68. The Kier molecular flexibility index (Phi) is 5.35. The summed E-state index contributed by atoms with van der Waals surface area (Å²) in [6, 6.07) is 2.95. The van der Waals surface area contributed by atoms with Crippen molar-refractivity contribution in [3.8, 4) is 5.75 Å². The second-order valence-electron chi connectivity index (χ2n) is 5.41. The topological polar surface area (TPSA) is 85.7 Å².